The van der Waals surface area contributed by atoms with E-state index in [9.17, 15) is 9.59 Å². The van der Waals surface area contributed by atoms with Gasteiger partial charge in [-0.3, -0.25) is 9.59 Å². The van der Waals surface area contributed by atoms with E-state index in [4.69, 9.17) is 0 Å². The molecule has 0 aromatic heterocycles. The molecule has 0 radical (unpaired) electrons. The molecule has 1 aliphatic carbocycles. The van der Waals surface area contributed by atoms with Gasteiger partial charge in [-0.2, -0.15) is 0 Å². The lowest BCUT2D eigenvalue weighted by atomic mass is 9.80. The Morgan fingerprint density at radius 2 is 1.74 bits per heavy atom. The van der Waals surface area contributed by atoms with E-state index in [-0.39, 0.29) is 17.9 Å². The molecule has 1 aliphatic heterocycles. The normalized spacial score (nSPS) is 23.6. The predicted octanol–water partition coefficient (Wildman–Crippen LogP) is 0.694. The third-order valence-electron chi connectivity index (χ3n) is 4.23. The lowest BCUT2D eigenvalue weighted by Crippen LogP contribution is -2.61. The second-order valence-corrected chi connectivity index (χ2v) is 5.82. The summed E-state index contributed by atoms with van der Waals surface area (Å²) in [4.78, 5) is 24.0. The monoisotopic (exact) mass is 267 g/mol. The van der Waals surface area contributed by atoms with Crippen LogP contribution >= 0.6 is 0 Å². The van der Waals surface area contributed by atoms with Crippen molar-refractivity contribution in [2.75, 3.05) is 13.1 Å². The van der Waals surface area contributed by atoms with Crippen molar-refractivity contribution in [1.29, 1.82) is 0 Å². The molecule has 2 aliphatic rings. The number of carbonyl (C=O) groups excluding carboxylic acids is 2. The number of piperidine rings is 1. The van der Waals surface area contributed by atoms with Crippen LogP contribution in [0, 0.1) is 0 Å². The SMILES string of the molecule is CC(=O)NC1(C(=O)NC2CCNCC2)CCCCC1. The molecule has 0 aromatic carbocycles. The van der Waals surface area contributed by atoms with Gasteiger partial charge in [0.15, 0.2) is 0 Å². The van der Waals surface area contributed by atoms with Gasteiger partial charge in [0.1, 0.15) is 5.54 Å². The third kappa shape index (κ3) is 3.69. The maximum atomic E-state index is 12.6. The Bertz CT molecular complexity index is 332. The largest absolute Gasteiger partial charge is 0.351 e. The van der Waals surface area contributed by atoms with Gasteiger partial charge in [0.05, 0.1) is 0 Å². The highest BCUT2D eigenvalue weighted by molar-refractivity contribution is 5.91. The van der Waals surface area contributed by atoms with Gasteiger partial charge in [-0.1, -0.05) is 19.3 Å². The lowest BCUT2D eigenvalue weighted by Gasteiger charge is -2.38. The molecule has 0 unspecified atom stereocenters. The summed E-state index contributed by atoms with van der Waals surface area (Å²) in [6, 6.07) is 0.251. The minimum Gasteiger partial charge on any atom is -0.351 e. The molecule has 0 bridgehead atoms. The molecular weight excluding hydrogens is 242 g/mol. The molecule has 0 spiro atoms. The Morgan fingerprint density at radius 1 is 1.11 bits per heavy atom. The van der Waals surface area contributed by atoms with Gasteiger partial charge in [0.2, 0.25) is 11.8 Å². The maximum Gasteiger partial charge on any atom is 0.245 e. The molecule has 2 amide bonds. The van der Waals surface area contributed by atoms with Gasteiger partial charge in [-0.05, 0) is 38.8 Å². The van der Waals surface area contributed by atoms with E-state index in [2.05, 4.69) is 16.0 Å². The summed E-state index contributed by atoms with van der Waals surface area (Å²) in [6.07, 6.45) is 6.67. The molecule has 1 saturated carbocycles. The van der Waals surface area contributed by atoms with Crippen LogP contribution in [0.3, 0.4) is 0 Å². The summed E-state index contributed by atoms with van der Waals surface area (Å²) < 4.78 is 0. The number of carbonyl (C=O) groups is 2. The molecule has 5 heteroatoms. The number of amides is 2. The van der Waals surface area contributed by atoms with E-state index in [0.717, 1.165) is 58.0 Å². The lowest BCUT2D eigenvalue weighted by molar-refractivity contribution is -0.135. The second-order valence-electron chi connectivity index (χ2n) is 5.82. The van der Waals surface area contributed by atoms with Gasteiger partial charge in [0, 0.05) is 13.0 Å². The molecule has 5 nitrogen and oxygen atoms in total. The zero-order chi connectivity index (χ0) is 13.7. The van der Waals surface area contributed by atoms with Crippen LogP contribution in [-0.2, 0) is 9.59 Å². The van der Waals surface area contributed by atoms with Gasteiger partial charge in [-0.15, -0.1) is 0 Å². The van der Waals surface area contributed by atoms with Gasteiger partial charge in [0.25, 0.3) is 0 Å². The first-order valence-corrected chi connectivity index (χ1v) is 7.43. The average molecular weight is 267 g/mol. The quantitative estimate of drug-likeness (QED) is 0.705. The van der Waals surface area contributed by atoms with Crippen molar-refractivity contribution >= 4 is 11.8 Å². The van der Waals surface area contributed by atoms with Crippen LogP contribution in [-0.4, -0.2) is 36.5 Å². The summed E-state index contributed by atoms with van der Waals surface area (Å²) in [5.41, 5.74) is -0.658. The minimum absolute atomic E-state index is 0.0225. The van der Waals surface area contributed by atoms with Crippen molar-refractivity contribution in [2.45, 2.75) is 63.5 Å². The molecule has 3 N–H and O–H groups in total. The third-order valence-corrected chi connectivity index (χ3v) is 4.23. The number of hydrogen-bond acceptors (Lipinski definition) is 3. The first-order valence-electron chi connectivity index (χ1n) is 7.43. The van der Waals surface area contributed by atoms with Crippen molar-refractivity contribution < 1.29 is 9.59 Å². The van der Waals surface area contributed by atoms with Crippen molar-refractivity contribution in [3.8, 4) is 0 Å². The van der Waals surface area contributed by atoms with Gasteiger partial charge >= 0.3 is 0 Å². The molecule has 1 heterocycles. The highest BCUT2D eigenvalue weighted by atomic mass is 16.2. The van der Waals surface area contributed by atoms with Crippen LogP contribution in [0.4, 0.5) is 0 Å². The Balaban J connectivity index is 1.99. The molecule has 0 aromatic rings. The smallest absolute Gasteiger partial charge is 0.245 e. The van der Waals surface area contributed by atoms with E-state index < -0.39 is 5.54 Å². The van der Waals surface area contributed by atoms with Crippen LogP contribution in [0.5, 0.6) is 0 Å². The van der Waals surface area contributed by atoms with E-state index in [1.54, 1.807) is 0 Å². The number of rotatable bonds is 3. The molecule has 0 atom stereocenters. The van der Waals surface area contributed by atoms with Crippen LogP contribution in [0.25, 0.3) is 0 Å². The van der Waals surface area contributed by atoms with Crippen molar-refractivity contribution in [3.05, 3.63) is 0 Å². The zero-order valence-electron chi connectivity index (χ0n) is 11.8. The fourth-order valence-corrected chi connectivity index (χ4v) is 3.19. The Morgan fingerprint density at radius 3 is 2.32 bits per heavy atom. The van der Waals surface area contributed by atoms with E-state index in [1.165, 1.54) is 6.92 Å². The molecule has 19 heavy (non-hydrogen) atoms. The van der Waals surface area contributed by atoms with Crippen LogP contribution in [0.2, 0.25) is 0 Å². The summed E-state index contributed by atoms with van der Waals surface area (Å²) in [6.45, 7) is 3.41. The summed E-state index contributed by atoms with van der Waals surface area (Å²) in [5, 5.41) is 9.35. The van der Waals surface area contributed by atoms with Gasteiger partial charge in [-0.25, -0.2) is 0 Å². The Kier molecular flexibility index (Phi) is 4.80. The highest BCUT2D eigenvalue weighted by Gasteiger charge is 2.40. The predicted molar refractivity (Wildman–Crippen MR) is 73.7 cm³/mol. The first-order chi connectivity index (χ1) is 9.12. The van der Waals surface area contributed by atoms with E-state index in [1.807, 2.05) is 0 Å². The minimum atomic E-state index is -0.658. The summed E-state index contributed by atoms with van der Waals surface area (Å²) in [5.74, 6) is -0.0864. The van der Waals surface area contributed by atoms with Crippen molar-refractivity contribution in [1.82, 2.24) is 16.0 Å². The number of nitrogens with one attached hydrogen (secondary N) is 3. The molecule has 2 rings (SSSR count). The summed E-state index contributed by atoms with van der Waals surface area (Å²) >= 11 is 0. The molecule has 2 fully saturated rings. The highest BCUT2D eigenvalue weighted by Crippen LogP contribution is 2.28. The first kappa shape index (κ1) is 14.3. The van der Waals surface area contributed by atoms with Crippen LogP contribution in [0.1, 0.15) is 51.9 Å². The zero-order valence-corrected chi connectivity index (χ0v) is 11.8. The van der Waals surface area contributed by atoms with Crippen LogP contribution in [0.15, 0.2) is 0 Å². The topological polar surface area (TPSA) is 70.2 Å². The second kappa shape index (κ2) is 6.37. The van der Waals surface area contributed by atoms with Crippen molar-refractivity contribution in [3.63, 3.8) is 0 Å². The molecule has 1 saturated heterocycles. The fraction of sp³-hybridized carbons (Fsp3) is 0.857. The van der Waals surface area contributed by atoms with E-state index >= 15 is 0 Å². The molecular formula is C14H25N3O2. The average Bonchev–Trinajstić information content (AvgIpc) is 2.40. The number of hydrogen-bond donors (Lipinski definition) is 3. The van der Waals surface area contributed by atoms with Crippen LogP contribution < -0.4 is 16.0 Å². The van der Waals surface area contributed by atoms with Gasteiger partial charge < -0.3 is 16.0 Å². The fourth-order valence-electron chi connectivity index (χ4n) is 3.19. The standard InChI is InChI=1S/C14H25N3O2/c1-11(18)17-14(7-3-2-4-8-14)13(19)16-12-5-9-15-10-6-12/h12,15H,2-10H2,1H3,(H,16,19)(H,17,18). The Labute approximate surface area is 114 Å². The maximum absolute atomic E-state index is 12.6. The van der Waals surface area contributed by atoms with E-state index in [0.29, 0.717) is 0 Å². The van der Waals surface area contributed by atoms with Crippen molar-refractivity contribution in [2.24, 2.45) is 0 Å². The Hall–Kier alpha value is -1.10. The molecule has 108 valence electrons. The summed E-state index contributed by atoms with van der Waals surface area (Å²) in [7, 11) is 0.